The molecule has 2 rings (SSSR count). The molecular weight excluding hydrogens is 292 g/mol. The molecule has 118 valence electrons. The van der Waals surface area contributed by atoms with E-state index in [-0.39, 0.29) is 17.9 Å². The normalized spacial score (nSPS) is 11.9. The first-order valence-electron chi connectivity index (χ1n) is 7.17. The summed E-state index contributed by atoms with van der Waals surface area (Å²) < 4.78 is 4.63. The van der Waals surface area contributed by atoms with Crippen molar-refractivity contribution in [3.63, 3.8) is 0 Å². The average molecular weight is 310 g/mol. The summed E-state index contributed by atoms with van der Waals surface area (Å²) in [6.07, 6.45) is 6.54. The van der Waals surface area contributed by atoms with Crippen molar-refractivity contribution >= 4 is 18.0 Å². The molecule has 23 heavy (non-hydrogen) atoms. The number of pyridine rings is 1. The number of ether oxygens (including phenoxy) is 1. The van der Waals surface area contributed by atoms with Gasteiger partial charge in [0.05, 0.1) is 18.7 Å². The van der Waals surface area contributed by atoms with E-state index < -0.39 is 0 Å². The summed E-state index contributed by atoms with van der Waals surface area (Å²) in [7, 11) is 1.34. The monoisotopic (exact) mass is 310 g/mol. The molecule has 1 unspecified atom stereocenters. The maximum atomic E-state index is 11.9. The highest BCUT2D eigenvalue weighted by molar-refractivity contribution is 5.92. The standard InChI is InChI=1S/C18H18N2O3/c1-13(15-9-11-19-12-10-15)20-17(21)8-5-14-3-6-16(7-4-14)18(22)23-2/h3-13H,1-2H3,(H,20,21)/b8-5+. The first kappa shape index (κ1) is 16.4. The van der Waals surface area contributed by atoms with E-state index in [1.54, 1.807) is 42.7 Å². The number of nitrogens with zero attached hydrogens (tertiary/aromatic N) is 1. The third-order valence-electron chi connectivity index (χ3n) is 3.32. The number of rotatable bonds is 5. The minimum atomic E-state index is -0.385. The number of carbonyl (C=O) groups is 2. The largest absolute Gasteiger partial charge is 0.465 e. The molecule has 1 heterocycles. The number of aromatic nitrogens is 1. The summed E-state index contributed by atoms with van der Waals surface area (Å²) in [4.78, 5) is 27.2. The predicted molar refractivity (Wildman–Crippen MR) is 87.6 cm³/mol. The number of benzene rings is 1. The van der Waals surface area contributed by atoms with Crippen LogP contribution in [0.3, 0.4) is 0 Å². The van der Waals surface area contributed by atoms with E-state index in [4.69, 9.17) is 0 Å². The van der Waals surface area contributed by atoms with Crippen LogP contribution in [0.25, 0.3) is 6.08 Å². The Hall–Kier alpha value is -2.95. The van der Waals surface area contributed by atoms with Crippen LogP contribution in [-0.2, 0) is 9.53 Å². The van der Waals surface area contributed by atoms with E-state index >= 15 is 0 Å². The Morgan fingerprint density at radius 3 is 2.39 bits per heavy atom. The SMILES string of the molecule is COC(=O)c1ccc(/C=C/C(=O)NC(C)c2ccncc2)cc1. The summed E-state index contributed by atoms with van der Waals surface area (Å²) in [6.45, 7) is 1.91. The minimum Gasteiger partial charge on any atom is -0.465 e. The Morgan fingerprint density at radius 2 is 1.78 bits per heavy atom. The van der Waals surface area contributed by atoms with Crippen LogP contribution in [-0.4, -0.2) is 24.0 Å². The van der Waals surface area contributed by atoms with Crippen molar-refractivity contribution in [2.45, 2.75) is 13.0 Å². The molecule has 0 aliphatic carbocycles. The Morgan fingerprint density at radius 1 is 1.13 bits per heavy atom. The summed E-state index contributed by atoms with van der Waals surface area (Å²) in [5.74, 6) is -0.573. The molecule has 0 radical (unpaired) electrons. The molecule has 1 amide bonds. The van der Waals surface area contributed by atoms with E-state index in [2.05, 4.69) is 15.0 Å². The highest BCUT2D eigenvalue weighted by Gasteiger charge is 2.07. The van der Waals surface area contributed by atoms with Crippen molar-refractivity contribution in [1.29, 1.82) is 0 Å². The molecule has 0 spiro atoms. The van der Waals surface area contributed by atoms with Crippen LogP contribution in [0.1, 0.15) is 34.5 Å². The Balaban J connectivity index is 1.94. The van der Waals surface area contributed by atoms with Crippen molar-refractivity contribution in [3.05, 3.63) is 71.6 Å². The smallest absolute Gasteiger partial charge is 0.337 e. The van der Waals surface area contributed by atoms with E-state index in [0.29, 0.717) is 5.56 Å². The molecule has 1 atom stereocenters. The first-order valence-corrected chi connectivity index (χ1v) is 7.17. The number of methoxy groups -OCH3 is 1. The van der Waals surface area contributed by atoms with E-state index in [1.807, 2.05) is 19.1 Å². The number of amides is 1. The van der Waals surface area contributed by atoms with Gasteiger partial charge in [-0.25, -0.2) is 4.79 Å². The van der Waals surface area contributed by atoms with E-state index in [1.165, 1.54) is 13.2 Å². The molecule has 0 fully saturated rings. The van der Waals surface area contributed by atoms with Gasteiger partial charge in [-0.15, -0.1) is 0 Å². The number of esters is 1. The van der Waals surface area contributed by atoms with Gasteiger partial charge in [-0.1, -0.05) is 12.1 Å². The summed E-state index contributed by atoms with van der Waals surface area (Å²) in [6, 6.07) is 10.4. The lowest BCUT2D eigenvalue weighted by Gasteiger charge is -2.12. The number of nitrogens with one attached hydrogen (secondary N) is 1. The van der Waals surface area contributed by atoms with Crippen LogP contribution in [0.5, 0.6) is 0 Å². The fraction of sp³-hybridized carbons (Fsp3) is 0.167. The predicted octanol–water partition coefficient (Wildman–Crippen LogP) is 2.76. The molecule has 1 N–H and O–H groups in total. The highest BCUT2D eigenvalue weighted by Crippen LogP contribution is 2.11. The Labute approximate surface area is 135 Å². The zero-order chi connectivity index (χ0) is 16.7. The maximum Gasteiger partial charge on any atom is 0.337 e. The lowest BCUT2D eigenvalue weighted by Crippen LogP contribution is -2.24. The molecular formula is C18H18N2O3. The van der Waals surface area contributed by atoms with Crippen molar-refractivity contribution in [1.82, 2.24) is 10.3 Å². The third-order valence-corrected chi connectivity index (χ3v) is 3.32. The lowest BCUT2D eigenvalue weighted by atomic mass is 10.1. The highest BCUT2D eigenvalue weighted by atomic mass is 16.5. The van der Waals surface area contributed by atoms with E-state index in [9.17, 15) is 9.59 Å². The molecule has 5 nitrogen and oxygen atoms in total. The fourth-order valence-corrected chi connectivity index (χ4v) is 2.02. The van der Waals surface area contributed by atoms with Crippen molar-refractivity contribution in [2.75, 3.05) is 7.11 Å². The van der Waals surface area contributed by atoms with Gasteiger partial charge in [0, 0.05) is 18.5 Å². The van der Waals surface area contributed by atoms with Gasteiger partial charge in [0.1, 0.15) is 0 Å². The second kappa shape index (κ2) is 7.89. The molecule has 1 aromatic heterocycles. The lowest BCUT2D eigenvalue weighted by molar-refractivity contribution is -0.117. The molecule has 0 aliphatic heterocycles. The zero-order valence-electron chi connectivity index (χ0n) is 13.0. The van der Waals surface area contributed by atoms with Crippen LogP contribution in [0.2, 0.25) is 0 Å². The number of hydrogen-bond donors (Lipinski definition) is 1. The third kappa shape index (κ3) is 4.78. The van der Waals surface area contributed by atoms with Gasteiger partial charge < -0.3 is 10.1 Å². The van der Waals surface area contributed by atoms with Crippen molar-refractivity contribution < 1.29 is 14.3 Å². The van der Waals surface area contributed by atoms with E-state index in [0.717, 1.165) is 11.1 Å². The van der Waals surface area contributed by atoms with Crippen LogP contribution in [0.4, 0.5) is 0 Å². The van der Waals surface area contributed by atoms with Gasteiger partial charge in [0.15, 0.2) is 0 Å². The molecule has 0 bridgehead atoms. The van der Waals surface area contributed by atoms with Gasteiger partial charge in [0.2, 0.25) is 5.91 Å². The van der Waals surface area contributed by atoms with Gasteiger partial charge in [-0.2, -0.15) is 0 Å². The van der Waals surface area contributed by atoms with Gasteiger partial charge in [-0.3, -0.25) is 9.78 Å². The zero-order valence-corrected chi connectivity index (χ0v) is 13.0. The van der Waals surface area contributed by atoms with Crippen LogP contribution >= 0.6 is 0 Å². The molecule has 0 saturated carbocycles. The minimum absolute atomic E-state index is 0.100. The second-order valence-electron chi connectivity index (χ2n) is 4.96. The molecule has 0 saturated heterocycles. The summed E-state index contributed by atoms with van der Waals surface area (Å²) in [5.41, 5.74) is 2.29. The first-order chi connectivity index (χ1) is 11.1. The average Bonchev–Trinajstić information content (AvgIpc) is 2.60. The van der Waals surface area contributed by atoms with Crippen LogP contribution < -0.4 is 5.32 Å². The van der Waals surface area contributed by atoms with Crippen LogP contribution in [0, 0.1) is 0 Å². The second-order valence-corrected chi connectivity index (χ2v) is 4.96. The van der Waals surface area contributed by atoms with Gasteiger partial charge in [0.25, 0.3) is 0 Å². The molecule has 5 heteroatoms. The topological polar surface area (TPSA) is 68.3 Å². The van der Waals surface area contributed by atoms with Gasteiger partial charge in [-0.05, 0) is 48.4 Å². The molecule has 1 aromatic carbocycles. The van der Waals surface area contributed by atoms with Gasteiger partial charge >= 0.3 is 5.97 Å². The maximum absolute atomic E-state index is 11.9. The quantitative estimate of drug-likeness (QED) is 0.681. The molecule has 0 aliphatic rings. The summed E-state index contributed by atoms with van der Waals surface area (Å²) >= 11 is 0. The van der Waals surface area contributed by atoms with Crippen molar-refractivity contribution in [3.8, 4) is 0 Å². The van der Waals surface area contributed by atoms with Crippen molar-refractivity contribution in [2.24, 2.45) is 0 Å². The summed E-state index contributed by atoms with van der Waals surface area (Å²) in [5, 5.41) is 2.88. The Bertz CT molecular complexity index is 694. The number of hydrogen-bond acceptors (Lipinski definition) is 4. The fourth-order valence-electron chi connectivity index (χ4n) is 2.02. The Kier molecular flexibility index (Phi) is 5.63. The number of carbonyl (C=O) groups excluding carboxylic acids is 2. The van der Waals surface area contributed by atoms with Crippen LogP contribution in [0.15, 0.2) is 54.9 Å². The molecule has 2 aromatic rings.